The maximum absolute atomic E-state index is 6.15. The first kappa shape index (κ1) is 21.2. The predicted octanol–water partition coefficient (Wildman–Crippen LogP) is 3.44. The minimum atomic E-state index is 0.599. The van der Waals surface area contributed by atoms with Crippen molar-refractivity contribution in [2.75, 3.05) is 37.6 Å². The third-order valence-corrected chi connectivity index (χ3v) is 6.71. The van der Waals surface area contributed by atoms with Crippen molar-refractivity contribution in [3.63, 3.8) is 0 Å². The number of nitrogens with zero attached hydrogens (tertiary/aromatic N) is 8. The van der Waals surface area contributed by atoms with Crippen LogP contribution in [0.1, 0.15) is 5.56 Å². The number of halogens is 2. The van der Waals surface area contributed by atoms with Gasteiger partial charge >= 0.3 is 0 Å². The summed E-state index contributed by atoms with van der Waals surface area (Å²) in [5.74, 6) is 1.74. The molecule has 4 heterocycles. The molecule has 0 spiro atoms. The van der Waals surface area contributed by atoms with Gasteiger partial charge in [0.05, 0.1) is 21.8 Å². The van der Waals surface area contributed by atoms with E-state index in [1.807, 2.05) is 49.3 Å². The summed E-state index contributed by atoms with van der Waals surface area (Å²) in [7, 11) is 3.88. The van der Waals surface area contributed by atoms with Crippen molar-refractivity contribution in [1.82, 2.24) is 34.2 Å². The number of hydrogen-bond donors (Lipinski definition) is 0. The van der Waals surface area contributed by atoms with Crippen molar-refractivity contribution in [2.24, 2.45) is 14.1 Å². The monoisotopic (exact) mass is 470 g/mol. The molecule has 5 rings (SSSR count). The van der Waals surface area contributed by atoms with E-state index in [1.54, 1.807) is 11.0 Å². The van der Waals surface area contributed by atoms with Gasteiger partial charge in [-0.1, -0.05) is 29.3 Å². The molecule has 0 aliphatic carbocycles. The molecule has 0 radical (unpaired) electrons. The smallest absolute Gasteiger partial charge is 0.165 e. The molecule has 1 aliphatic rings. The van der Waals surface area contributed by atoms with Crippen LogP contribution in [0, 0.1) is 0 Å². The Bertz CT molecular complexity index is 1260. The molecule has 10 heteroatoms. The molecule has 166 valence electrons. The lowest BCUT2D eigenvalue weighted by molar-refractivity contribution is 0.260. The van der Waals surface area contributed by atoms with E-state index in [9.17, 15) is 0 Å². The van der Waals surface area contributed by atoms with Gasteiger partial charge in [0.1, 0.15) is 12.2 Å². The first-order valence-corrected chi connectivity index (χ1v) is 11.3. The fourth-order valence-corrected chi connectivity index (χ4v) is 4.50. The number of hydrogen-bond acceptors (Lipinski definition) is 6. The molecule has 4 aromatic rings. The quantitative estimate of drug-likeness (QED) is 0.444. The molecule has 1 aliphatic heterocycles. The Labute approximate surface area is 196 Å². The van der Waals surface area contributed by atoms with Crippen LogP contribution in [0.4, 0.5) is 5.82 Å². The third-order valence-electron chi connectivity index (χ3n) is 5.97. The van der Waals surface area contributed by atoms with E-state index >= 15 is 0 Å². The van der Waals surface area contributed by atoms with E-state index in [2.05, 4.69) is 24.9 Å². The lowest BCUT2D eigenvalue weighted by Crippen LogP contribution is -2.47. The Kier molecular flexibility index (Phi) is 5.75. The fourth-order valence-electron chi connectivity index (χ4n) is 4.18. The average Bonchev–Trinajstić information content (AvgIpc) is 3.38. The molecule has 0 amide bonds. The maximum atomic E-state index is 6.15. The first-order valence-electron chi connectivity index (χ1n) is 10.6. The van der Waals surface area contributed by atoms with Crippen LogP contribution in [0.5, 0.6) is 0 Å². The molecule has 0 atom stereocenters. The van der Waals surface area contributed by atoms with Gasteiger partial charge in [0.25, 0.3) is 0 Å². The number of rotatable bonds is 5. The van der Waals surface area contributed by atoms with Gasteiger partial charge in [-0.3, -0.25) is 9.58 Å². The Morgan fingerprint density at radius 1 is 1.00 bits per heavy atom. The zero-order valence-corrected chi connectivity index (χ0v) is 19.6. The summed E-state index contributed by atoms with van der Waals surface area (Å²) >= 11 is 12.2. The number of anilines is 1. The van der Waals surface area contributed by atoms with Crippen LogP contribution in [-0.2, 0) is 20.5 Å². The molecular formula is C22H24Cl2N8. The van der Waals surface area contributed by atoms with Gasteiger partial charge in [0.15, 0.2) is 17.0 Å². The summed E-state index contributed by atoms with van der Waals surface area (Å²) in [4.78, 5) is 18.7. The highest BCUT2D eigenvalue weighted by atomic mass is 35.5. The zero-order chi connectivity index (χ0) is 22.2. The average molecular weight is 471 g/mol. The van der Waals surface area contributed by atoms with Crippen molar-refractivity contribution in [3.8, 4) is 11.4 Å². The van der Waals surface area contributed by atoms with Crippen LogP contribution in [-0.4, -0.2) is 66.9 Å². The lowest BCUT2D eigenvalue weighted by Gasteiger charge is -2.35. The summed E-state index contributed by atoms with van der Waals surface area (Å²) in [5.41, 5.74) is 3.83. The Balaban J connectivity index is 1.29. The van der Waals surface area contributed by atoms with E-state index in [0.29, 0.717) is 10.0 Å². The molecule has 0 N–H and O–H groups in total. The second-order valence-corrected chi connectivity index (χ2v) is 8.91. The number of imidazole rings is 1. The summed E-state index contributed by atoms with van der Waals surface area (Å²) < 4.78 is 3.78. The summed E-state index contributed by atoms with van der Waals surface area (Å²) in [6.07, 6.45) is 6.36. The zero-order valence-electron chi connectivity index (χ0n) is 18.0. The van der Waals surface area contributed by atoms with Crippen LogP contribution >= 0.6 is 23.2 Å². The number of piperazine rings is 1. The highest BCUT2D eigenvalue weighted by Crippen LogP contribution is 2.28. The SMILES string of the molecule is Cn1cc(-c2nc3c(N4CCN(CCc5ccc(Cl)c(Cl)c5)CC4)ncnc3n2C)cn1. The maximum Gasteiger partial charge on any atom is 0.165 e. The fraction of sp³-hybridized carbons (Fsp3) is 0.364. The minimum absolute atomic E-state index is 0.599. The topological polar surface area (TPSA) is 67.9 Å². The Hall–Kier alpha value is -2.68. The molecule has 1 saturated heterocycles. The van der Waals surface area contributed by atoms with Gasteiger partial charge in [0.2, 0.25) is 0 Å². The second kappa shape index (κ2) is 8.69. The van der Waals surface area contributed by atoms with Crippen LogP contribution in [0.25, 0.3) is 22.6 Å². The van der Waals surface area contributed by atoms with Gasteiger partial charge in [0, 0.05) is 53.0 Å². The highest BCUT2D eigenvalue weighted by Gasteiger charge is 2.23. The van der Waals surface area contributed by atoms with Crippen LogP contribution in [0.2, 0.25) is 10.0 Å². The number of aromatic nitrogens is 6. The third kappa shape index (κ3) is 4.05. The van der Waals surface area contributed by atoms with E-state index < -0.39 is 0 Å². The van der Waals surface area contributed by atoms with E-state index in [0.717, 1.165) is 67.5 Å². The number of aryl methyl sites for hydroxylation is 2. The predicted molar refractivity (Wildman–Crippen MR) is 127 cm³/mol. The first-order chi connectivity index (χ1) is 15.5. The van der Waals surface area contributed by atoms with Gasteiger partial charge in [-0.05, 0) is 24.1 Å². The van der Waals surface area contributed by atoms with Crippen LogP contribution in [0.15, 0.2) is 36.9 Å². The summed E-state index contributed by atoms with van der Waals surface area (Å²) in [5, 5.41) is 5.48. The lowest BCUT2D eigenvalue weighted by atomic mass is 10.1. The molecular weight excluding hydrogens is 447 g/mol. The minimum Gasteiger partial charge on any atom is -0.352 e. The summed E-state index contributed by atoms with van der Waals surface area (Å²) in [6.45, 7) is 4.71. The highest BCUT2D eigenvalue weighted by molar-refractivity contribution is 6.42. The van der Waals surface area contributed by atoms with Crippen molar-refractivity contribution < 1.29 is 0 Å². The molecule has 3 aromatic heterocycles. The van der Waals surface area contributed by atoms with Gasteiger partial charge in [-0.2, -0.15) is 5.10 Å². The van der Waals surface area contributed by atoms with Crippen molar-refractivity contribution in [1.29, 1.82) is 0 Å². The Morgan fingerprint density at radius 3 is 2.53 bits per heavy atom. The molecule has 8 nitrogen and oxygen atoms in total. The molecule has 32 heavy (non-hydrogen) atoms. The number of fused-ring (bicyclic) bond motifs is 1. The van der Waals surface area contributed by atoms with E-state index in [-0.39, 0.29) is 0 Å². The largest absolute Gasteiger partial charge is 0.352 e. The van der Waals surface area contributed by atoms with Gasteiger partial charge in [-0.15, -0.1) is 0 Å². The van der Waals surface area contributed by atoms with E-state index in [4.69, 9.17) is 28.2 Å². The van der Waals surface area contributed by atoms with Crippen LogP contribution in [0.3, 0.4) is 0 Å². The molecule has 1 fully saturated rings. The normalized spacial score (nSPS) is 15.1. The van der Waals surface area contributed by atoms with Gasteiger partial charge < -0.3 is 9.47 Å². The standard InChI is InChI=1S/C22H24Cl2N8/c1-29-13-16(12-27-29)20-28-19-21(30(20)2)25-14-26-22(19)32-9-7-31(8-10-32)6-5-15-3-4-17(23)18(24)11-15/h3-4,11-14H,5-10H2,1-2H3. The molecule has 0 saturated carbocycles. The van der Waals surface area contributed by atoms with Crippen molar-refractivity contribution >= 4 is 40.2 Å². The number of benzene rings is 1. The van der Waals surface area contributed by atoms with Gasteiger partial charge in [-0.25, -0.2) is 15.0 Å². The summed E-state index contributed by atoms with van der Waals surface area (Å²) in [6, 6.07) is 5.87. The second-order valence-electron chi connectivity index (χ2n) is 8.09. The van der Waals surface area contributed by atoms with E-state index in [1.165, 1.54) is 5.56 Å². The van der Waals surface area contributed by atoms with Crippen molar-refractivity contribution in [2.45, 2.75) is 6.42 Å². The van der Waals surface area contributed by atoms with Crippen LogP contribution < -0.4 is 4.90 Å². The Morgan fingerprint density at radius 2 is 1.81 bits per heavy atom. The molecule has 0 unspecified atom stereocenters. The van der Waals surface area contributed by atoms with Crippen molar-refractivity contribution in [3.05, 3.63) is 52.5 Å². The molecule has 1 aromatic carbocycles. The molecule has 0 bridgehead atoms.